The van der Waals surface area contributed by atoms with Crippen molar-refractivity contribution in [3.63, 3.8) is 0 Å². The van der Waals surface area contributed by atoms with Gasteiger partial charge in [0.2, 0.25) is 0 Å². The number of rotatable bonds is 3. The fourth-order valence-electron chi connectivity index (χ4n) is 1.94. The van der Waals surface area contributed by atoms with Crippen LogP contribution in [0, 0.1) is 18.6 Å². The third kappa shape index (κ3) is 2.94. The fraction of sp³-hybridized carbons (Fsp3) is 0.200. The Balaban J connectivity index is 2.50. The van der Waals surface area contributed by atoms with Crippen LogP contribution < -0.4 is 5.32 Å². The maximum Gasteiger partial charge on any atom is 0.131 e. The Bertz CT molecular complexity index is 611. The van der Waals surface area contributed by atoms with Crippen LogP contribution in [0.1, 0.15) is 11.1 Å². The highest BCUT2D eigenvalue weighted by Gasteiger charge is 2.12. The van der Waals surface area contributed by atoms with Gasteiger partial charge in [-0.25, -0.2) is 8.78 Å². The van der Waals surface area contributed by atoms with Crippen molar-refractivity contribution in [2.75, 3.05) is 7.05 Å². The molecule has 0 saturated heterocycles. The highest BCUT2D eigenvalue weighted by Crippen LogP contribution is 2.32. The predicted octanol–water partition coefficient (Wildman–Crippen LogP) is 4.31. The number of halogens is 3. The quantitative estimate of drug-likeness (QED) is 0.884. The van der Waals surface area contributed by atoms with E-state index in [1.807, 2.05) is 13.1 Å². The molecule has 0 bridgehead atoms. The van der Waals surface area contributed by atoms with Gasteiger partial charge in [0.1, 0.15) is 11.6 Å². The Labute approximate surface area is 116 Å². The molecule has 0 aliphatic rings. The molecular formula is C15H14ClF2N. The summed E-state index contributed by atoms with van der Waals surface area (Å²) in [6.07, 6.45) is 0. The van der Waals surface area contributed by atoms with Crippen LogP contribution in [0.5, 0.6) is 0 Å². The maximum absolute atomic E-state index is 13.9. The van der Waals surface area contributed by atoms with Gasteiger partial charge in [-0.2, -0.15) is 0 Å². The van der Waals surface area contributed by atoms with Crippen molar-refractivity contribution in [1.82, 2.24) is 5.32 Å². The van der Waals surface area contributed by atoms with Gasteiger partial charge in [0.25, 0.3) is 0 Å². The van der Waals surface area contributed by atoms with E-state index < -0.39 is 11.6 Å². The Morgan fingerprint density at radius 2 is 1.79 bits per heavy atom. The Hall–Kier alpha value is -1.45. The smallest absolute Gasteiger partial charge is 0.131 e. The number of nitrogens with one attached hydrogen (secondary N) is 1. The zero-order valence-corrected chi connectivity index (χ0v) is 11.5. The number of aryl methyl sites for hydroxylation is 1. The summed E-state index contributed by atoms with van der Waals surface area (Å²) in [5, 5.41) is 3.42. The second-order valence-corrected chi connectivity index (χ2v) is 4.83. The molecule has 2 aromatic rings. The zero-order chi connectivity index (χ0) is 14.0. The molecule has 100 valence electrons. The van der Waals surface area contributed by atoms with Crippen molar-refractivity contribution in [2.24, 2.45) is 0 Å². The highest BCUT2D eigenvalue weighted by molar-refractivity contribution is 6.33. The number of hydrogen-bond acceptors (Lipinski definition) is 1. The summed E-state index contributed by atoms with van der Waals surface area (Å²) >= 11 is 6.15. The van der Waals surface area contributed by atoms with Gasteiger partial charge in [-0.15, -0.1) is 0 Å². The summed E-state index contributed by atoms with van der Waals surface area (Å²) in [6.45, 7) is 2.20. The van der Waals surface area contributed by atoms with E-state index in [1.54, 1.807) is 12.1 Å². The first kappa shape index (κ1) is 14.0. The van der Waals surface area contributed by atoms with E-state index in [9.17, 15) is 8.78 Å². The fourth-order valence-corrected chi connectivity index (χ4v) is 2.25. The van der Waals surface area contributed by atoms with E-state index in [1.165, 1.54) is 19.1 Å². The van der Waals surface area contributed by atoms with Gasteiger partial charge in [0.05, 0.1) is 0 Å². The molecule has 0 saturated carbocycles. The molecule has 1 nitrogen and oxygen atoms in total. The van der Waals surface area contributed by atoms with E-state index in [2.05, 4.69) is 5.32 Å². The molecule has 0 aliphatic carbocycles. The molecule has 2 rings (SSSR count). The molecule has 0 amide bonds. The van der Waals surface area contributed by atoms with Crippen molar-refractivity contribution in [1.29, 1.82) is 0 Å². The van der Waals surface area contributed by atoms with Crippen LogP contribution in [-0.4, -0.2) is 7.05 Å². The van der Waals surface area contributed by atoms with E-state index in [4.69, 9.17) is 11.6 Å². The standard InChI is InChI=1S/C15H14ClF2N/c1-9-5-15(18)12(7-14(9)17)11-4-3-10(8-19-2)6-13(11)16/h3-7,19H,8H2,1-2H3. The lowest BCUT2D eigenvalue weighted by molar-refractivity contribution is 0.595. The second-order valence-electron chi connectivity index (χ2n) is 4.43. The zero-order valence-electron chi connectivity index (χ0n) is 10.7. The minimum absolute atomic E-state index is 0.184. The molecule has 0 aromatic heterocycles. The second kappa shape index (κ2) is 5.68. The largest absolute Gasteiger partial charge is 0.316 e. The minimum atomic E-state index is -0.470. The van der Waals surface area contributed by atoms with Gasteiger partial charge < -0.3 is 5.32 Å². The van der Waals surface area contributed by atoms with E-state index >= 15 is 0 Å². The summed E-state index contributed by atoms with van der Waals surface area (Å²) < 4.78 is 27.5. The van der Waals surface area contributed by atoms with E-state index in [-0.39, 0.29) is 11.1 Å². The van der Waals surface area contributed by atoms with Gasteiger partial charge in [-0.1, -0.05) is 23.7 Å². The SMILES string of the molecule is CNCc1ccc(-c2cc(F)c(C)cc2F)c(Cl)c1. The van der Waals surface area contributed by atoms with E-state index in [0.29, 0.717) is 17.1 Å². The summed E-state index contributed by atoms with van der Waals surface area (Å²) in [5.41, 5.74) is 1.95. The topological polar surface area (TPSA) is 12.0 Å². The summed E-state index contributed by atoms with van der Waals surface area (Å²) in [7, 11) is 1.83. The lowest BCUT2D eigenvalue weighted by Crippen LogP contribution is -2.04. The van der Waals surface area contributed by atoms with Crippen LogP contribution in [0.25, 0.3) is 11.1 Å². The molecule has 0 aliphatic heterocycles. The van der Waals surface area contributed by atoms with Gasteiger partial charge in [0.15, 0.2) is 0 Å². The molecule has 2 aromatic carbocycles. The highest BCUT2D eigenvalue weighted by atomic mass is 35.5. The molecule has 0 heterocycles. The lowest BCUT2D eigenvalue weighted by atomic mass is 10.0. The monoisotopic (exact) mass is 281 g/mol. The Kier molecular flexibility index (Phi) is 4.17. The Morgan fingerprint density at radius 1 is 1.05 bits per heavy atom. The van der Waals surface area contributed by atoms with Crippen LogP contribution in [0.3, 0.4) is 0 Å². The number of benzene rings is 2. The van der Waals surface area contributed by atoms with Crippen molar-refractivity contribution < 1.29 is 8.78 Å². The summed E-state index contributed by atoms with van der Waals surface area (Å²) in [6, 6.07) is 7.67. The maximum atomic E-state index is 13.9. The van der Waals surface area contributed by atoms with Gasteiger partial charge in [-0.05, 0) is 43.3 Å². The molecule has 0 unspecified atom stereocenters. The molecule has 4 heteroatoms. The minimum Gasteiger partial charge on any atom is -0.316 e. The molecule has 0 spiro atoms. The molecular weight excluding hydrogens is 268 g/mol. The third-order valence-electron chi connectivity index (χ3n) is 2.95. The average molecular weight is 282 g/mol. The van der Waals surface area contributed by atoms with Gasteiger partial charge in [-0.3, -0.25) is 0 Å². The molecule has 0 fully saturated rings. The van der Waals surface area contributed by atoms with Crippen molar-refractivity contribution >= 4 is 11.6 Å². The first-order valence-corrected chi connectivity index (χ1v) is 6.29. The van der Waals surface area contributed by atoms with Gasteiger partial charge >= 0.3 is 0 Å². The normalized spacial score (nSPS) is 10.8. The van der Waals surface area contributed by atoms with Crippen molar-refractivity contribution in [2.45, 2.75) is 13.5 Å². The molecule has 1 N–H and O–H groups in total. The van der Waals surface area contributed by atoms with Crippen LogP contribution in [0.15, 0.2) is 30.3 Å². The average Bonchev–Trinajstić information content (AvgIpc) is 2.35. The van der Waals surface area contributed by atoms with Crippen LogP contribution >= 0.6 is 11.6 Å². The van der Waals surface area contributed by atoms with Crippen molar-refractivity contribution in [3.05, 3.63) is 58.1 Å². The molecule has 0 radical (unpaired) electrons. The van der Waals surface area contributed by atoms with Crippen LogP contribution in [0.2, 0.25) is 5.02 Å². The van der Waals surface area contributed by atoms with Crippen LogP contribution in [-0.2, 0) is 6.54 Å². The third-order valence-corrected chi connectivity index (χ3v) is 3.27. The Morgan fingerprint density at radius 3 is 2.42 bits per heavy atom. The number of hydrogen-bond donors (Lipinski definition) is 1. The predicted molar refractivity (Wildman–Crippen MR) is 74.3 cm³/mol. The summed E-state index contributed by atoms with van der Waals surface area (Å²) in [4.78, 5) is 0. The lowest BCUT2D eigenvalue weighted by Gasteiger charge is -2.09. The van der Waals surface area contributed by atoms with Crippen LogP contribution in [0.4, 0.5) is 8.78 Å². The molecule has 19 heavy (non-hydrogen) atoms. The summed E-state index contributed by atoms with van der Waals surface area (Å²) in [5.74, 6) is -0.908. The first-order valence-electron chi connectivity index (χ1n) is 5.92. The van der Waals surface area contributed by atoms with Gasteiger partial charge in [0, 0.05) is 22.7 Å². The van der Waals surface area contributed by atoms with E-state index in [0.717, 1.165) is 5.56 Å². The first-order chi connectivity index (χ1) is 9.02. The molecule has 0 atom stereocenters. The van der Waals surface area contributed by atoms with Crippen molar-refractivity contribution in [3.8, 4) is 11.1 Å².